The van der Waals surface area contributed by atoms with Crippen molar-refractivity contribution < 1.29 is 25.9 Å². The van der Waals surface area contributed by atoms with E-state index in [2.05, 4.69) is 13.8 Å². The summed E-state index contributed by atoms with van der Waals surface area (Å²) in [6, 6.07) is 6.73. The van der Waals surface area contributed by atoms with Crippen molar-refractivity contribution in [2.24, 2.45) is 0 Å². The van der Waals surface area contributed by atoms with Crippen molar-refractivity contribution in [1.82, 2.24) is 0 Å². The van der Waals surface area contributed by atoms with Crippen LogP contribution in [0.4, 0.5) is 0 Å². The molecule has 0 radical (unpaired) electrons. The first-order chi connectivity index (χ1) is 20.1. The molecular weight excluding hydrogens is 569 g/mol. The summed E-state index contributed by atoms with van der Waals surface area (Å²) in [5, 5.41) is 0.775. The number of hydrogen-bond acceptors (Lipinski definition) is 4. The van der Waals surface area contributed by atoms with Gasteiger partial charge in [-0.3, -0.25) is 9.11 Å². The highest BCUT2D eigenvalue weighted by Gasteiger charge is 2.32. The van der Waals surface area contributed by atoms with E-state index >= 15 is 0 Å². The van der Waals surface area contributed by atoms with Gasteiger partial charge in [0.05, 0.1) is 0 Å². The van der Waals surface area contributed by atoms with Crippen LogP contribution in [0.3, 0.4) is 0 Å². The topological polar surface area (TPSA) is 109 Å². The van der Waals surface area contributed by atoms with Gasteiger partial charge in [0.15, 0.2) is 0 Å². The Bertz CT molecular complexity index is 1270. The first kappa shape index (κ1) is 36.7. The van der Waals surface area contributed by atoms with Crippen LogP contribution in [0.15, 0.2) is 34.1 Å². The van der Waals surface area contributed by atoms with E-state index in [1.807, 2.05) is 0 Å². The van der Waals surface area contributed by atoms with E-state index in [4.69, 9.17) is 0 Å². The lowest BCUT2D eigenvalue weighted by molar-refractivity contribution is 0.465. The van der Waals surface area contributed by atoms with E-state index in [0.29, 0.717) is 30.2 Å². The molecule has 2 rings (SSSR count). The van der Waals surface area contributed by atoms with Gasteiger partial charge in [0.1, 0.15) is 9.79 Å². The first-order valence-electron chi connectivity index (χ1n) is 16.6. The lowest BCUT2D eigenvalue weighted by Crippen LogP contribution is -2.15. The van der Waals surface area contributed by atoms with Crippen molar-refractivity contribution in [1.29, 1.82) is 0 Å². The van der Waals surface area contributed by atoms with Crippen molar-refractivity contribution in [3.8, 4) is 0 Å². The van der Waals surface area contributed by atoms with E-state index < -0.39 is 30.0 Å². The molecular formula is C34H56O6S2. The van der Waals surface area contributed by atoms with Crippen LogP contribution in [0.1, 0.15) is 153 Å². The van der Waals surface area contributed by atoms with Crippen LogP contribution in [-0.4, -0.2) is 25.9 Å². The van der Waals surface area contributed by atoms with Gasteiger partial charge >= 0.3 is 0 Å². The molecule has 0 atom stereocenters. The fourth-order valence-electron chi connectivity index (χ4n) is 6.16. The molecule has 0 aliphatic heterocycles. The van der Waals surface area contributed by atoms with Crippen molar-refractivity contribution in [3.63, 3.8) is 0 Å². The molecule has 0 aromatic heterocycles. The fraction of sp³-hybridized carbons (Fsp3) is 0.706. The summed E-state index contributed by atoms with van der Waals surface area (Å²) in [7, 11) is -9.83. The highest BCUT2D eigenvalue weighted by atomic mass is 32.2. The van der Waals surface area contributed by atoms with Gasteiger partial charge in [-0.25, -0.2) is 0 Å². The Hall–Kier alpha value is -1.48. The lowest BCUT2D eigenvalue weighted by atomic mass is 9.91. The number of aryl methyl sites for hydroxylation is 1. The molecule has 0 spiro atoms. The Morgan fingerprint density at radius 1 is 0.452 bits per heavy atom. The largest absolute Gasteiger partial charge is 0.296 e. The van der Waals surface area contributed by atoms with Gasteiger partial charge in [0.2, 0.25) is 0 Å². The van der Waals surface area contributed by atoms with Crippen molar-refractivity contribution in [2.75, 3.05) is 0 Å². The summed E-state index contributed by atoms with van der Waals surface area (Å²) >= 11 is 0. The molecule has 8 heteroatoms. The molecule has 0 aliphatic carbocycles. The Morgan fingerprint density at radius 2 is 0.786 bits per heavy atom. The molecule has 0 aliphatic rings. The predicted molar refractivity (Wildman–Crippen MR) is 175 cm³/mol. The average molecular weight is 625 g/mol. The zero-order valence-corrected chi connectivity index (χ0v) is 27.8. The molecule has 6 nitrogen and oxygen atoms in total. The maximum atomic E-state index is 12.7. The molecule has 0 saturated carbocycles. The van der Waals surface area contributed by atoms with Crippen LogP contribution in [0.25, 0.3) is 10.8 Å². The summed E-state index contributed by atoms with van der Waals surface area (Å²) in [6.45, 7) is 4.44. The first-order valence-corrected chi connectivity index (χ1v) is 19.5. The molecule has 2 aromatic rings. The smallest absolute Gasteiger partial charge is 0.282 e. The maximum Gasteiger partial charge on any atom is 0.296 e. The van der Waals surface area contributed by atoms with Gasteiger partial charge in [-0.15, -0.1) is 0 Å². The lowest BCUT2D eigenvalue weighted by Gasteiger charge is -2.20. The molecule has 0 saturated heterocycles. The average Bonchev–Trinajstić information content (AvgIpc) is 2.93. The number of benzene rings is 2. The summed E-state index contributed by atoms with van der Waals surface area (Å²) < 4.78 is 71.0. The van der Waals surface area contributed by atoms with Crippen molar-refractivity contribution in [3.05, 3.63) is 35.4 Å². The highest BCUT2D eigenvalue weighted by Crippen LogP contribution is 2.38. The second kappa shape index (κ2) is 19.7. The Balaban J connectivity index is 2.20. The van der Waals surface area contributed by atoms with Crippen LogP contribution in [0.2, 0.25) is 0 Å². The zero-order valence-electron chi connectivity index (χ0n) is 26.2. The third kappa shape index (κ3) is 12.6. The fourth-order valence-corrected chi connectivity index (χ4v) is 8.49. The molecule has 0 unspecified atom stereocenters. The van der Waals surface area contributed by atoms with Gasteiger partial charge < -0.3 is 0 Å². The standard InChI is InChI=1S/C34H56O6S2/c1-3-5-7-9-11-13-15-17-19-21-25-29-30-26-23-24-28-32(30)34(42(38,39)40)33(41(35,36)37)31(29)27-22-20-18-16-14-12-10-8-6-4-2/h23-24,26,28H,3-22,25,27H2,1-2H3,(H,35,36,37)(H,38,39,40). The highest BCUT2D eigenvalue weighted by molar-refractivity contribution is 7.89. The van der Waals surface area contributed by atoms with Crippen LogP contribution in [0, 0.1) is 0 Å². The normalized spacial score (nSPS) is 12.4. The van der Waals surface area contributed by atoms with Gasteiger partial charge in [0.25, 0.3) is 20.2 Å². The third-order valence-corrected chi connectivity index (χ3v) is 10.5. The van der Waals surface area contributed by atoms with E-state index in [9.17, 15) is 25.9 Å². The molecule has 42 heavy (non-hydrogen) atoms. The minimum Gasteiger partial charge on any atom is -0.282 e. The minimum atomic E-state index is -4.92. The Morgan fingerprint density at radius 3 is 1.17 bits per heavy atom. The summed E-state index contributed by atoms with van der Waals surface area (Å²) in [5.41, 5.74) is 1.13. The zero-order chi connectivity index (χ0) is 30.8. The van der Waals surface area contributed by atoms with Gasteiger partial charge in [-0.1, -0.05) is 154 Å². The van der Waals surface area contributed by atoms with E-state index in [1.165, 1.54) is 89.5 Å². The minimum absolute atomic E-state index is 0.140. The monoisotopic (exact) mass is 624 g/mol. The van der Waals surface area contributed by atoms with Crippen LogP contribution >= 0.6 is 0 Å². The summed E-state index contributed by atoms with van der Waals surface area (Å²) in [4.78, 5) is -1.34. The quantitative estimate of drug-likeness (QED) is 0.0888. The number of hydrogen-bond donors (Lipinski definition) is 2. The van der Waals surface area contributed by atoms with E-state index in [-0.39, 0.29) is 5.39 Å². The maximum absolute atomic E-state index is 12.7. The molecule has 0 bridgehead atoms. The second-order valence-corrected chi connectivity index (χ2v) is 14.7. The van der Waals surface area contributed by atoms with Crippen LogP contribution in [-0.2, 0) is 33.1 Å². The second-order valence-electron chi connectivity index (χ2n) is 12.0. The number of rotatable bonds is 24. The van der Waals surface area contributed by atoms with Crippen LogP contribution in [0.5, 0.6) is 0 Å². The van der Waals surface area contributed by atoms with Crippen LogP contribution < -0.4 is 0 Å². The SMILES string of the molecule is CCCCCCCCCCCCc1c(S(=O)(=O)O)c(S(=O)(=O)O)c2ccccc2c1CCCCCCCCCCCC. The Kier molecular flexibility index (Phi) is 17.2. The number of unbranched alkanes of at least 4 members (excludes halogenated alkanes) is 18. The number of fused-ring (bicyclic) bond motifs is 1. The van der Waals surface area contributed by atoms with Gasteiger partial charge in [0, 0.05) is 5.39 Å². The predicted octanol–water partition coefficient (Wildman–Crippen LogP) is 10.3. The molecule has 2 aromatic carbocycles. The summed E-state index contributed by atoms with van der Waals surface area (Å²) in [5.74, 6) is 0. The molecule has 240 valence electrons. The Labute approximate surface area is 256 Å². The molecule has 0 fully saturated rings. The van der Waals surface area contributed by atoms with Crippen molar-refractivity contribution in [2.45, 2.75) is 165 Å². The third-order valence-electron chi connectivity index (χ3n) is 8.42. The van der Waals surface area contributed by atoms with Gasteiger partial charge in [-0.2, -0.15) is 16.8 Å². The van der Waals surface area contributed by atoms with E-state index in [0.717, 1.165) is 44.1 Å². The molecule has 0 amide bonds. The van der Waals surface area contributed by atoms with Crippen molar-refractivity contribution >= 4 is 31.0 Å². The van der Waals surface area contributed by atoms with Gasteiger partial charge in [-0.05, 0) is 42.2 Å². The molecule has 0 heterocycles. The molecule has 2 N–H and O–H groups in total. The summed E-state index contributed by atoms with van der Waals surface area (Å²) in [6.07, 6.45) is 23.9. The van der Waals surface area contributed by atoms with E-state index in [1.54, 1.807) is 18.2 Å².